The van der Waals surface area contributed by atoms with E-state index >= 15 is 0 Å². The number of hydrogen-bond donors (Lipinski definition) is 0. The van der Waals surface area contributed by atoms with Crippen molar-refractivity contribution in [1.29, 1.82) is 0 Å². The van der Waals surface area contributed by atoms with E-state index in [1.807, 2.05) is 45.0 Å². The Kier molecular flexibility index (Phi) is 5.43. The summed E-state index contributed by atoms with van der Waals surface area (Å²) >= 11 is 2.37. The van der Waals surface area contributed by atoms with Gasteiger partial charge in [0.25, 0.3) is 0 Å². The molecule has 0 fully saturated rings. The van der Waals surface area contributed by atoms with Crippen molar-refractivity contribution >= 4 is 28.6 Å². The second-order valence-corrected chi connectivity index (χ2v) is 6.07. The Balaban J connectivity index is 2.64. The van der Waals surface area contributed by atoms with Gasteiger partial charge in [-0.05, 0) is 55.7 Å². The number of alkyl halides is 1. The fraction of sp³-hybridized carbons (Fsp3) is 0.500. The molecular formula is C14H19IO2. The molecule has 1 rings (SSSR count). The molecule has 3 heteroatoms. The van der Waals surface area contributed by atoms with Crippen LogP contribution in [0.1, 0.15) is 43.1 Å². The van der Waals surface area contributed by atoms with Crippen LogP contribution in [0.25, 0.3) is 0 Å². The molecule has 0 saturated carbocycles. The first-order chi connectivity index (χ1) is 7.92. The van der Waals surface area contributed by atoms with Gasteiger partial charge in [0.2, 0.25) is 0 Å². The minimum absolute atomic E-state index is 0.252. The normalized spacial score (nSPS) is 11.3. The Morgan fingerprint density at radius 1 is 1.24 bits per heavy atom. The number of hydrogen-bond acceptors (Lipinski definition) is 2. The van der Waals surface area contributed by atoms with E-state index in [1.54, 1.807) is 0 Å². The summed E-state index contributed by atoms with van der Waals surface area (Å²) in [6.07, 6.45) is 2.24. The van der Waals surface area contributed by atoms with E-state index in [2.05, 4.69) is 22.6 Å². The monoisotopic (exact) mass is 346 g/mol. The molecule has 0 heterocycles. The van der Waals surface area contributed by atoms with Crippen LogP contribution in [0.2, 0.25) is 0 Å². The summed E-state index contributed by atoms with van der Waals surface area (Å²) < 4.78 is 6.46. The van der Waals surface area contributed by atoms with E-state index in [9.17, 15) is 4.79 Å². The lowest BCUT2D eigenvalue weighted by molar-refractivity contribution is 0.00695. The first-order valence-corrected chi connectivity index (χ1v) is 7.33. The molecule has 0 aromatic heterocycles. The largest absolute Gasteiger partial charge is 0.456 e. The van der Waals surface area contributed by atoms with Crippen molar-refractivity contribution < 1.29 is 9.53 Å². The summed E-state index contributed by atoms with van der Waals surface area (Å²) in [5.41, 5.74) is 1.46. The highest BCUT2D eigenvalue weighted by Gasteiger charge is 2.17. The molecule has 0 aliphatic heterocycles. The quantitative estimate of drug-likeness (QED) is 0.468. The minimum atomic E-state index is -0.434. The van der Waals surface area contributed by atoms with Gasteiger partial charge in [0, 0.05) is 0 Å². The molecule has 0 saturated heterocycles. The van der Waals surface area contributed by atoms with Crippen molar-refractivity contribution in [2.45, 2.75) is 39.2 Å². The van der Waals surface area contributed by atoms with Crippen LogP contribution in [-0.2, 0) is 11.2 Å². The van der Waals surface area contributed by atoms with Crippen molar-refractivity contribution in [2.24, 2.45) is 0 Å². The molecule has 17 heavy (non-hydrogen) atoms. The Morgan fingerprint density at radius 3 is 2.29 bits per heavy atom. The SMILES string of the molecule is CC(C)(C)OC(=O)c1ccc(CCCI)cc1. The van der Waals surface area contributed by atoms with E-state index in [0.717, 1.165) is 10.8 Å². The summed E-state index contributed by atoms with van der Waals surface area (Å²) in [5, 5.41) is 0. The molecule has 1 aromatic carbocycles. The number of carbonyl (C=O) groups is 1. The fourth-order valence-corrected chi connectivity index (χ4v) is 1.80. The molecule has 0 atom stereocenters. The summed E-state index contributed by atoms with van der Waals surface area (Å²) in [7, 11) is 0. The standard InChI is InChI=1S/C14H19IO2/c1-14(2,3)17-13(16)12-8-6-11(7-9-12)5-4-10-15/h6-9H,4-5,10H2,1-3H3. The summed E-state index contributed by atoms with van der Waals surface area (Å²) in [4.78, 5) is 11.8. The van der Waals surface area contributed by atoms with E-state index in [4.69, 9.17) is 4.74 Å². The van der Waals surface area contributed by atoms with Gasteiger partial charge in [-0.3, -0.25) is 0 Å². The maximum atomic E-state index is 11.8. The highest BCUT2D eigenvalue weighted by molar-refractivity contribution is 14.1. The average Bonchev–Trinajstić information content (AvgIpc) is 2.24. The van der Waals surface area contributed by atoms with Crippen molar-refractivity contribution in [3.05, 3.63) is 35.4 Å². The zero-order valence-corrected chi connectivity index (χ0v) is 12.8. The van der Waals surface area contributed by atoms with Crippen molar-refractivity contribution in [2.75, 3.05) is 4.43 Å². The fourth-order valence-electron chi connectivity index (χ4n) is 1.42. The van der Waals surface area contributed by atoms with Crippen molar-refractivity contribution in [3.63, 3.8) is 0 Å². The van der Waals surface area contributed by atoms with Gasteiger partial charge in [-0.25, -0.2) is 4.79 Å². The Morgan fingerprint density at radius 2 is 1.82 bits per heavy atom. The van der Waals surface area contributed by atoms with E-state index in [-0.39, 0.29) is 5.97 Å². The summed E-state index contributed by atoms with van der Waals surface area (Å²) in [5.74, 6) is -0.252. The van der Waals surface area contributed by atoms with Gasteiger partial charge in [0.05, 0.1) is 5.56 Å². The first kappa shape index (κ1) is 14.5. The van der Waals surface area contributed by atoms with Crippen LogP contribution >= 0.6 is 22.6 Å². The summed E-state index contributed by atoms with van der Waals surface area (Å²) in [6, 6.07) is 7.70. The lowest BCUT2D eigenvalue weighted by Crippen LogP contribution is -2.23. The molecule has 0 unspecified atom stereocenters. The van der Waals surface area contributed by atoms with Gasteiger partial charge in [0.15, 0.2) is 0 Å². The highest BCUT2D eigenvalue weighted by Crippen LogP contribution is 2.13. The van der Waals surface area contributed by atoms with Gasteiger partial charge in [-0.1, -0.05) is 34.7 Å². The van der Waals surface area contributed by atoms with Crippen LogP contribution in [0.3, 0.4) is 0 Å². The summed E-state index contributed by atoms with van der Waals surface area (Å²) in [6.45, 7) is 5.62. The molecule has 1 aromatic rings. The maximum Gasteiger partial charge on any atom is 0.338 e. The third-order valence-electron chi connectivity index (χ3n) is 2.19. The Bertz CT molecular complexity index is 363. The van der Waals surface area contributed by atoms with Gasteiger partial charge < -0.3 is 4.74 Å². The predicted octanol–water partition coefficient (Wildman–Crippen LogP) is 4.01. The predicted molar refractivity (Wildman–Crippen MR) is 78.8 cm³/mol. The van der Waals surface area contributed by atoms with Gasteiger partial charge in [-0.15, -0.1) is 0 Å². The lowest BCUT2D eigenvalue weighted by atomic mass is 10.1. The molecule has 0 spiro atoms. The highest BCUT2D eigenvalue weighted by atomic mass is 127. The second kappa shape index (κ2) is 6.38. The Hall–Kier alpha value is -0.580. The number of rotatable bonds is 4. The number of aryl methyl sites for hydroxylation is 1. The number of halogens is 1. The number of carbonyl (C=O) groups excluding carboxylic acids is 1. The molecule has 94 valence electrons. The van der Waals surface area contributed by atoms with E-state index < -0.39 is 5.60 Å². The van der Waals surface area contributed by atoms with Gasteiger partial charge >= 0.3 is 5.97 Å². The van der Waals surface area contributed by atoms with Gasteiger partial charge in [0.1, 0.15) is 5.60 Å². The molecule has 0 aliphatic carbocycles. The molecule has 0 radical (unpaired) electrons. The average molecular weight is 346 g/mol. The number of benzene rings is 1. The molecule has 2 nitrogen and oxygen atoms in total. The molecule has 0 amide bonds. The molecule has 0 aliphatic rings. The second-order valence-electron chi connectivity index (χ2n) is 4.99. The third-order valence-corrected chi connectivity index (χ3v) is 2.95. The lowest BCUT2D eigenvalue weighted by Gasteiger charge is -2.19. The third kappa shape index (κ3) is 5.52. The zero-order chi connectivity index (χ0) is 12.9. The minimum Gasteiger partial charge on any atom is -0.456 e. The van der Waals surface area contributed by atoms with Crippen LogP contribution in [0.5, 0.6) is 0 Å². The maximum absolute atomic E-state index is 11.8. The van der Waals surface area contributed by atoms with E-state index in [0.29, 0.717) is 5.56 Å². The van der Waals surface area contributed by atoms with Crippen LogP contribution in [-0.4, -0.2) is 16.0 Å². The Labute approximate surface area is 117 Å². The van der Waals surface area contributed by atoms with Crippen LogP contribution in [0, 0.1) is 0 Å². The number of ether oxygens (including phenoxy) is 1. The van der Waals surface area contributed by atoms with Gasteiger partial charge in [-0.2, -0.15) is 0 Å². The van der Waals surface area contributed by atoms with Crippen LogP contribution < -0.4 is 0 Å². The van der Waals surface area contributed by atoms with Crippen molar-refractivity contribution in [1.82, 2.24) is 0 Å². The van der Waals surface area contributed by atoms with Crippen molar-refractivity contribution in [3.8, 4) is 0 Å². The number of esters is 1. The van der Waals surface area contributed by atoms with Crippen LogP contribution in [0.4, 0.5) is 0 Å². The van der Waals surface area contributed by atoms with E-state index in [1.165, 1.54) is 12.0 Å². The molecule has 0 bridgehead atoms. The molecular weight excluding hydrogens is 327 g/mol. The topological polar surface area (TPSA) is 26.3 Å². The first-order valence-electron chi connectivity index (χ1n) is 5.80. The van der Waals surface area contributed by atoms with Crippen LogP contribution in [0.15, 0.2) is 24.3 Å². The molecule has 0 N–H and O–H groups in total. The smallest absolute Gasteiger partial charge is 0.338 e. The zero-order valence-electron chi connectivity index (χ0n) is 10.6.